The number of rotatable bonds is 9. The van der Waals surface area contributed by atoms with Crippen molar-refractivity contribution in [1.82, 2.24) is 4.90 Å². The minimum absolute atomic E-state index is 0.136. The number of nitrogens with zero attached hydrogens (tertiary/aromatic N) is 2. The van der Waals surface area contributed by atoms with Crippen molar-refractivity contribution in [1.29, 1.82) is 0 Å². The third-order valence-electron chi connectivity index (χ3n) is 5.43. The summed E-state index contributed by atoms with van der Waals surface area (Å²) in [6, 6.07) is 19.4. The highest BCUT2D eigenvalue weighted by molar-refractivity contribution is 8.18. The average Bonchev–Trinajstić information content (AvgIpc) is 3.11. The van der Waals surface area contributed by atoms with Gasteiger partial charge in [0.2, 0.25) is 0 Å². The van der Waals surface area contributed by atoms with Crippen molar-refractivity contribution in [2.75, 3.05) is 6.61 Å². The third kappa shape index (κ3) is 5.75. The van der Waals surface area contributed by atoms with E-state index in [-0.39, 0.29) is 17.1 Å². The molecule has 8 nitrogen and oxygen atoms in total. The smallest absolute Gasteiger partial charge is 0.293 e. The van der Waals surface area contributed by atoms with Crippen molar-refractivity contribution in [2.45, 2.75) is 27.0 Å². The van der Waals surface area contributed by atoms with Crippen LogP contribution < -0.4 is 9.47 Å². The molecule has 184 valence electrons. The lowest BCUT2D eigenvalue weighted by atomic mass is 10.1. The van der Waals surface area contributed by atoms with Gasteiger partial charge in [0.1, 0.15) is 6.61 Å². The molecule has 1 aliphatic rings. The number of nitro benzene ring substituents is 1. The molecule has 1 aliphatic heterocycles. The van der Waals surface area contributed by atoms with Gasteiger partial charge in [-0.15, -0.1) is 0 Å². The second kappa shape index (κ2) is 11.1. The average molecular weight is 505 g/mol. The van der Waals surface area contributed by atoms with Gasteiger partial charge in [-0.05, 0) is 54.9 Å². The number of benzene rings is 3. The lowest BCUT2D eigenvalue weighted by Gasteiger charge is -2.13. The number of hydrogen-bond donors (Lipinski definition) is 0. The van der Waals surface area contributed by atoms with Crippen molar-refractivity contribution >= 4 is 34.7 Å². The summed E-state index contributed by atoms with van der Waals surface area (Å²) < 4.78 is 11.7. The van der Waals surface area contributed by atoms with E-state index in [1.807, 2.05) is 32.0 Å². The first kappa shape index (κ1) is 25.0. The van der Waals surface area contributed by atoms with Gasteiger partial charge in [-0.25, -0.2) is 0 Å². The highest BCUT2D eigenvalue weighted by Crippen LogP contribution is 2.36. The molecule has 0 aromatic heterocycles. The Bertz CT molecular complexity index is 1350. The molecule has 4 rings (SSSR count). The molecule has 1 saturated heterocycles. The van der Waals surface area contributed by atoms with Crippen LogP contribution in [-0.4, -0.2) is 27.6 Å². The summed E-state index contributed by atoms with van der Waals surface area (Å²) in [5.41, 5.74) is 3.00. The van der Waals surface area contributed by atoms with Gasteiger partial charge in [-0.1, -0.05) is 54.1 Å². The Balaban J connectivity index is 1.52. The van der Waals surface area contributed by atoms with E-state index in [9.17, 15) is 19.7 Å². The summed E-state index contributed by atoms with van der Waals surface area (Å²) in [6.45, 7) is 4.52. The van der Waals surface area contributed by atoms with Gasteiger partial charge >= 0.3 is 0 Å². The molecule has 0 bridgehead atoms. The second-order valence-corrected chi connectivity index (χ2v) is 9.06. The fourth-order valence-corrected chi connectivity index (χ4v) is 4.58. The van der Waals surface area contributed by atoms with Gasteiger partial charge in [0, 0.05) is 11.6 Å². The number of amides is 2. The van der Waals surface area contributed by atoms with E-state index < -0.39 is 16.1 Å². The lowest BCUT2D eigenvalue weighted by Crippen LogP contribution is -2.27. The van der Waals surface area contributed by atoms with Crippen LogP contribution in [-0.2, 0) is 17.9 Å². The van der Waals surface area contributed by atoms with E-state index in [2.05, 4.69) is 6.07 Å². The summed E-state index contributed by atoms with van der Waals surface area (Å²) in [4.78, 5) is 37.5. The first-order valence-corrected chi connectivity index (χ1v) is 12.1. The normalized spacial score (nSPS) is 14.4. The van der Waals surface area contributed by atoms with Crippen molar-refractivity contribution < 1.29 is 24.0 Å². The second-order valence-electron chi connectivity index (χ2n) is 8.07. The van der Waals surface area contributed by atoms with Crippen LogP contribution in [0.1, 0.15) is 29.2 Å². The van der Waals surface area contributed by atoms with Gasteiger partial charge in [-0.3, -0.25) is 24.6 Å². The molecule has 0 spiro atoms. The molecule has 0 atom stereocenters. The SMILES string of the molecule is CCOc1cc(/C=C2\SC(=O)N(Cc3ccccc3[N+](=O)[O-])C2=O)ccc1OCc1cccc(C)c1. The van der Waals surface area contributed by atoms with Crippen LogP contribution in [0, 0.1) is 17.0 Å². The number of hydrogen-bond acceptors (Lipinski definition) is 7. The predicted octanol–water partition coefficient (Wildman–Crippen LogP) is 6.12. The predicted molar refractivity (Wildman–Crippen MR) is 138 cm³/mol. The van der Waals surface area contributed by atoms with E-state index >= 15 is 0 Å². The summed E-state index contributed by atoms with van der Waals surface area (Å²) in [7, 11) is 0. The van der Waals surface area contributed by atoms with Gasteiger partial charge in [-0.2, -0.15) is 0 Å². The maximum atomic E-state index is 13.0. The van der Waals surface area contributed by atoms with Gasteiger partial charge in [0.25, 0.3) is 16.8 Å². The summed E-state index contributed by atoms with van der Waals surface area (Å²) in [5.74, 6) is 0.596. The van der Waals surface area contributed by atoms with Crippen molar-refractivity contribution in [2.24, 2.45) is 0 Å². The van der Waals surface area contributed by atoms with E-state index in [0.29, 0.717) is 35.8 Å². The zero-order valence-corrected chi connectivity index (χ0v) is 20.6. The fourth-order valence-electron chi connectivity index (χ4n) is 3.75. The summed E-state index contributed by atoms with van der Waals surface area (Å²) >= 11 is 0.799. The van der Waals surface area contributed by atoms with Crippen LogP contribution in [0.15, 0.2) is 71.6 Å². The standard InChI is InChI=1S/C27H24N2O6S/c1-3-34-24-14-19(11-12-23(24)35-17-20-8-6-7-18(2)13-20)15-25-26(30)28(27(31)36-25)16-21-9-4-5-10-22(21)29(32)33/h4-15H,3,16-17H2,1-2H3/b25-15-. The molecule has 0 N–H and O–H groups in total. The number of para-hydroxylation sites is 1. The molecular weight excluding hydrogens is 480 g/mol. The summed E-state index contributed by atoms with van der Waals surface area (Å²) in [6.07, 6.45) is 1.61. The van der Waals surface area contributed by atoms with Crippen molar-refractivity contribution in [3.63, 3.8) is 0 Å². The minimum atomic E-state index is -0.526. The molecule has 1 heterocycles. The van der Waals surface area contributed by atoms with Gasteiger partial charge < -0.3 is 9.47 Å². The Morgan fingerprint density at radius 2 is 1.81 bits per heavy atom. The molecule has 0 saturated carbocycles. The third-order valence-corrected chi connectivity index (χ3v) is 6.34. The molecule has 1 fully saturated rings. The van der Waals surface area contributed by atoms with Crippen molar-refractivity contribution in [3.8, 4) is 11.5 Å². The molecule has 3 aromatic carbocycles. The van der Waals surface area contributed by atoms with Gasteiger partial charge in [0.05, 0.1) is 23.0 Å². The minimum Gasteiger partial charge on any atom is -0.490 e. The number of ether oxygens (including phenoxy) is 2. The monoisotopic (exact) mass is 504 g/mol. The number of carbonyl (C=O) groups is 2. The van der Waals surface area contributed by atoms with Crippen LogP contribution in [0.3, 0.4) is 0 Å². The largest absolute Gasteiger partial charge is 0.490 e. The highest BCUT2D eigenvalue weighted by atomic mass is 32.2. The van der Waals surface area contributed by atoms with Crippen molar-refractivity contribution in [3.05, 3.63) is 104 Å². The first-order valence-electron chi connectivity index (χ1n) is 11.3. The molecule has 9 heteroatoms. The number of thioether (sulfide) groups is 1. The first-order chi connectivity index (χ1) is 17.4. The number of nitro groups is 1. The van der Waals surface area contributed by atoms with E-state index in [1.54, 1.807) is 36.4 Å². The molecule has 0 unspecified atom stereocenters. The summed E-state index contributed by atoms with van der Waals surface area (Å²) in [5, 5.41) is 10.8. The zero-order valence-electron chi connectivity index (χ0n) is 19.8. The van der Waals surface area contributed by atoms with E-state index in [0.717, 1.165) is 27.8 Å². The Morgan fingerprint density at radius 3 is 2.56 bits per heavy atom. The molecule has 0 aliphatic carbocycles. The Kier molecular flexibility index (Phi) is 7.70. The van der Waals surface area contributed by atoms with E-state index in [1.165, 1.54) is 12.1 Å². The van der Waals surface area contributed by atoms with Crippen LogP contribution >= 0.6 is 11.8 Å². The fraction of sp³-hybridized carbons (Fsp3) is 0.185. The highest BCUT2D eigenvalue weighted by Gasteiger charge is 2.36. The number of carbonyl (C=O) groups excluding carboxylic acids is 2. The Labute approximate surface area is 212 Å². The number of imide groups is 1. The molecule has 36 heavy (non-hydrogen) atoms. The van der Waals surface area contributed by atoms with Crippen LogP contribution in [0.4, 0.5) is 10.5 Å². The topological polar surface area (TPSA) is 99.0 Å². The quantitative estimate of drug-likeness (QED) is 0.197. The Morgan fingerprint density at radius 1 is 1.00 bits per heavy atom. The molecule has 0 radical (unpaired) electrons. The van der Waals surface area contributed by atoms with E-state index in [4.69, 9.17) is 9.47 Å². The van der Waals surface area contributed by atoms with Gasteiger partial charge in [0.15, 0.2) is 11.5 Å². The molecular formula is C27H24N2O6S. The maximum Gasteiger partial charge on any atom is 0.293 e. The molecule has 3 aromatic rings. The Hall–Kier alpha value is -4.11. The molecule has 2 amide bonds. The maximum absolute atomic E-state index is 13.0. The number of aryl methyl sites for hydroxylation is 1. The van der Waals surface area contributed by atoms with Crippen LogP contribution in [0.25, 0.3) is 6.08 Å². The van der Waals surface area contributed by atoms with Crippen LogP contribution in [0.5, 0.6) is 11.5 Å². The lowest BCUT2D eigenvalue weighted by molar-refractivity contribution is -0.385. The zero-order chi connectivity index (χ0) is 25.7. The van der Waals surface area contributed by atoms with Crippen LogP contribution in [0.2, 0.25) is 0 Å².